The molecule has 2 aromatic rings. The summed E-state index contributed by atoms with van der Waals surface area (Å²) in [6, 6.07) is 13.9. The number of benzene rings is 2. The van der Waals surface area contributed by atoms with Crippen molar-refractivity contribution in [3.63, 3.8) is 0 Å². The van der Waals surface area contributed by atoms with Crippen molar-refractivity contribution in [3.05, 3.63) is 59.7 Å². The second-order valence-corrected chi connectivity index (χ2v) is 6.43. The summed E-state index contributed by atoms with van der Waals surface area (Å²) in [6.07, 6.45) is 2.27. The first-order valence-corrected chi connectivity index (χ1v) is 9.06. The number of ether oxygens (including phenoxy) is 1. The Hall–Kier alpha value is -2.47. The van der Waals surface area contributed by atoms with E-state index in [-0.39, 0.29) is 5.56 Å². The molecule has 1 N–H and O–H groups in total. The largest absolute Gasteiger partial charge is 0.452 e. The molecule has 126 valence electrons. The van der Waals surface area contributed by atoms with E-state index < -0.39 is 29.3 Å². The van der Waals surface area contributed by atoms with E-state index >= 15 is 0 Å². The fourth-order valence-corrected chi connectivity index (χ4v) is 2.96. The predicted molar refractivity (Wildman–Crippen MR) is 93.5 cm³/mol. The summed E-state index contributed by atoms with van der Waals surface area (Å²) >= 11 is 0. The van der Waals surface area contributed by atoms with Crippen molar-refractivity contribution in [2.75, 3.05) is 18.2 Å². The summed E-state index contributed by atoms with van der Waals surface area (Å²) in [4.78, 5) is 24.5. The number of amides is 1. The molecule has 0 aliphatic rings. The van der Waals surface area contributed by atoms with E-state index in [1.54, 1.807) is 24.3 Å². The molecule has 24 heavy (non-hydrogen) atoms. The quantitative estimate of drug-likeness (QED) is 0.817. The molecule has 0 heterocycles. The van der Waals surface area contributed by atoms with Crippen molar-refractivity contribution in [2.45, 2.75) is 18.2 Å². The van der Waals surface area contributed by atoms with Crippen LogP contribution in [-0.2, 0) is 26.8 Å². The van der Waals surface area contributed by atoms with Crippen molar-refractivity contribution in [2.24, 2.45) is 0 Å². The molecule has 0 saturated carbocycles. The summed E-state index contributed by atoms with van der Waals surface area (Å²) < 4.78 is 16.7. The van der Waals surface area contributed by atoms with Gasteiger partial charge in [-0.2, -0.15) is 0 Å². The van der Waals surface area contributed by atoms with Gasteiger partial charge in [0.15, 0.2) is 6.61 Å². The van der Waals surface area contributed by atoms with Crippen LogP contribution in [0.5, 0.6) is 0 Å². The zero-order valence-corrected chi connectivity index (χ0v) is 14.4. The smallest absolute Gasteiger partial charge is 0.339 e. The van der Waals surface area contributed by atoms with Gasteiger partial charge in [0.25, 0.3) is 5.91 Å². The molecule has 0 fully saturated rings. The molecule has 0 bridgehead atoms. The fraction of sp³-hybridized carbons (Fsp3) is 0.222. The van der Waals surface area contributed by atoms with Crippen LogP contribution in [0.3, 0.4) is 0 Å². The van der Waals surface area contributed by atoms with Gasteiger partial charge < -0.3 is 10.1 Å². The first-order valence-electron chi connectivity index (χ1n) is 7.50. The molecule has 6 heteroatoms. The lowest BCUT2D eigenvalue weighted by atomic mass is 10.1. The third-order valence-corrected chi connectivity index (χ3v) is 4.40. The van der Waals surface area contributed by atoms with Crippen molar-refractivity contribution >= 4 is 28.4 Å². The van der Waals surface area contributed by atoms with Crippen LogP contribution >= 0.6 is 0 Å². The van der Waals surface area contributed by atoms with Crippen molar-refractivity contribution in [1.82, 2.24) is 0 Å². The maximum absolute atomic E-state index is 12.1. The Kier molecular flexibility index (Phi) is 6.26. The van der Waals surface area contributed by atoms with E-state index in [1.807, 2.05) is 25.1 Å². The number of rotatable bonds is 6. The second-order valence-electron chi connectivity index (χ2n) is 5.09. The van der Waals surface area contributed by atoms with Gasteiger partial charge in [0.2, 0.25) is 0 Å². The highest BCUT2D eigenvalue weighted by Crippen LogP contribution is 2.16. The van der Waals surface area contributed by atoms with Crippen molar-refractivity contribution in [1.29, 1.82) is 0 Å². The lowest BCUT2D eigenvalue weighted by Gasteiger charge is -2.11. The van der Waals surface area contributed by atoms with Gasteiger partial charge in [0, 0.05) is 11.9 Å². The van der Waals surface area contributed by atoms with Gasteiger partial charge in [-0.05, 0) is 30.2 Å². The molecule has 0 unspecified atom stereocenters. The summed E-state index contributed by atoms with van der Waals surface area (Å²) in [5.74, 6) is -1.08. The predicted octanol–water partition coefficient (Wildman–Crippen LogP) is 2.78. The van der Waals surface area contributed by atoms with Gasteiger partial charge in [-0.15, -0.1) is 0 Å². The third-order valence-electron chi connectivity index (χ3n) is 3.42. The van der Waals surface area contributed by atoms with Gasteiger partial charge in [-0.3, -0.25) is 9.00 Å². The lowest BCUT2D eigenvalue weighted by Crippen LogP contribution is -2.22. The van der Waals surface area contributed by atoms with Gasteiger partial charge in [-0.25, -0.2) is 4.79 Å². The summed E-state index contributed by atoms with van der Waals surface area (Å²) in [5.41, 5.74) is 1.92. The fourth-order valence-electron chi connectivity index (χ4n) is 2.23. The Morgan fingerprint density at radius 1 is 1.08 bits per heavy atom. The van der Waals surface area contributed by atoms with Gasteiger partial charge >= 0.3 is 5.97 Å². The molecular formula is C18H19NO4S. The maximum Gasteiger partial charge on any atom is 0.339 e. The van der Waals surface area contributed by atoms with Crippen LogP contribution in [0.1, 0.15) is 22.8 Å². The average Bonchev–Trinajstić information content (AvgIpc) is 2.60. The van der Waals surface area contributed by atoms with Crippen LogP contribution in [0.4, 0.5) is 5.69 Å². The highest BCUT2D eigenvalue weighted by molar-refractivity contribution is 7.84. The topological polar surface area (TPSA) is 72.5 Å². The lowest BCUT2D eigenvalue weighted by molar-refractivity contribution is -0.119. The average molecular weight is 345 g/mol. The minimum absolute atomic E-state index is 0.208. The minimum Gasteiger partial charge on any atom is -0.452 e. The second kappa shape index (κ2) is 8.40. The third kappa shape index (κ3) is 4.52. The van der Waals surface area contributed by atoms with E-state index in [9.17, 15) is 13.8 Å². The Labute approximate surface area is 143 Å². The minimum atomic E-state index is -1.31. The van der Waals surface area contributed by atoms with Crippen LogP contribution in [0.25, 0.3) is 0 Å². The zero-order valence-electron chi connectivity index (χ0n) is 13.6. The van der Waals surface area contributed by atoms with Gasteiger partial charge in [-0.1, -0.05) is 37.3 Å². The number of hydrogen-bond donors (Lipinski definition) is 1. The number of carbonyl (C=O) groups excluding carboxylic acids is 2. The molecule has 0 aliphatic heterocycles. The monoisotopic (exact) mass is 345 g/mol. The van der Waals surface area contributed by atoms with E-state index in [0.29, 0.717) is 10.6 Å². The van der Waals surface area contributed by atoms with Gasteiger partial charge in [0.1, 0.15) is 0 Å². The van der Waals surface area contributed by atoms with Gasteiger partial charge in [0.05, 0.1) is 21.3 Å². The maximum atomic E-state index is 12.1. The van der Waals surface area contributed by atoms with Crippen LogP contribution in [0.15, 0.2) is 53.4 Å². The van der Waals surface area contributed by atoms with Crippen molar-refractivity contribution in [3.8, 4) is 0 Å². The Balaban J connectivity index is 1.99. The number of anilines is 1. The molecule has 0 aliphatic carbocycles. The van der Waals surface area contributed by atoms with E-state index in [4.69, 9.17) is 4.74 Å². The SMILES string of the molecule is CCc1ccccc1NC(=O)COC(=O)c1ccccc1[S@@](C)=O. The molecular weight excluding hydrogens is 326 g/mol. The Morgan fingerprint density at radius 2 is 1.75 bits per heavy atom. The zero-order chi connectivity index (χ0) is 17.5. The van der Waals surface area contributed by atoms with Crippen LogP contribution in [-0.4, -0.2) is 28.9 Å². The molecule has 0 spiro atoms. The molecule has 1 atom stereocenters. The first kappa shape index (κ1) is 17.9. The molecule has 1 amide bonds. The summed E-state index contributed by atoms with van der Waals surface area (Å²) in [5, 5.41) is 2.73. The number of hydrogen-bond acceptors (Lipinski definition) is 4. The number of para-hydroxylation sites is 1. The molecule has 2 rings (SSSR count). The highest BCUT2D eigenvalue weighted by atomic mass is 32.2. The van der Waals surface area contributed by atoms with Crippen LogP contribution < -0.4 is 5.32 Å². The molecule has 2 aromatic carbocycles. The number of aryl methyl sites for hydroxylation is 1. The van der Waals surface area contributed by atoms with Crippen LogP contribution in [0, 0.1) is 0 Å². The molecule has 0 saturated heterocycles. The van der Waals surface area contributed by atoms with Crippen LogP contribution in [0.2, 0.25) is 0 Å². The number of carbonyl (C=O) groups is 2. The number of esters is 1. The first-order chi connectivity index (χ1) is 11.5. The molecule has 0 radical (unpaired) electrons. The Morgan fingerprint density at radius 3 is 2.46 bits per heavy atom. The normalized spacial score (nSPS) is 11.6. The van der Waals surface area contributed by atoms with E-state index in [2.05, 4.69) is 5.32 Å². The number of nitrogens with one attached hydrogen (secondary N) is 1. The van der Waals surface area contributed by atoms with E-state index in [0.717, 1.165) is 12.0 Å². The molecule has 5 nitrogen and oxygen atoms in total. The standard InChI is InChI=1S/C18H19NO4S/c1-3-13-8-4-6-10-15(13)19-17(20)12-23-18(21)14-9-5-7-11-16(14)24(2)22/h4-11H,3,12H2,1-2H3,(H,19,20)/t24-/m1/s1. The highest BCUT2D eigenvalue weighted by Gasteiger charge is 2.16. The summed E-state index contributed by atoms with van der Waals surface area (Å²) in [7, 11) is -1.31. The summed E-state index contributed by atoms with van der Waals surface area (Å²) in [6.45, 7) is 1.59. The van der Waals surface area contributed by atoms with E-state index in [1.165, 1.54) is 12.3 Å². The Bertz CT molecular complexity index is 773. The molecule has 0 aromatic heterocycles. The van der Waals surface area contributed by atoms with Crippen molar-refractivity contribution < 1.29 is 18.5 Å².